The molecule has 0 saturated carbocycles. The van der Waals surface area contributed by atoms with Gasteiger partial charge in [-0.3, -0.25) is 0 Å². The van der Waals surface area contributed by atoms with Gasteiger partial charge in [-0.15, -0.1) is 0 Å². The van der Waals surface area contributed by atoms with Crippen LogP contribution < -0.4 is 5.32 Å². The summed E-state index contributed by atoms with van der Waals surface area (Å²) in [7, 11) is 0. The minimum atomic E-state index is 0.938. The molecule has 1 heterocycles. The molecule has 2 N–H and O–H groups in total. The van der Waals surface area contributed by atoms with Crippen LogP contribution in [0, 0.1) is 0 Å². The maximum absolute atomic E-state index is 3.28. The Kier molecular flexibility index (Phi) is 3.48. The average Bonchev–Trinajstić information content (AvgIpc) is 2.50. The molecule has 1 aromatic rings. The predicted octanol–water partition coefficient (Wildman–Crippen LogP) is 1.68. The van der Waals surface area contributed by atoms with Crippen LogP contribution in [0.25, 0.3) is 0 Å². The monoisotopic (exact) mass is 150 g/mol. The van der Waals surface area contributed by atoms with E-state index in [1.165, 1.54) is 5.56 Å². The number of rotatable bonds is 4. The zero-order chi connectivity index (χ0) is 7.94. The lowest BCUT2D eigenvalue weighted by Gasteiger charge is -1.96. The minimum Gasteiger partial charge on any atom is -0.367 e. The molecule has 1 aromatic heterocycles. The molecule has 0 bridgehead atoms. The summed E-state index contributed by atoms with van der Waals surface area (Å²) in [5.74, 6) is 0. The number of H-pyrrole nitrogens is 1. The number of aromatic amines is 1. The smallest absolute Gasteiger partial charge is 0.0223 e. The first-order chi connectivity index (χ1) is 5.43. The predicted molar refractivity (Wildman–Crippen MR) is 47.3 cm³/mol. The Bertz CT molecular complexity index is 199. The molecule has 0 spiro atoms. The minimum absolute atomic E-state index is 0.938. The van der Waals surface area contributed by atoms with Gasteiger partial charge in [0.15, 0.2) is 0 Å². The molecule has 2 nitrogen and oxygen atoms in total. The molecule has 0 aliphatic carbocycles. The summed E-state index contributed by atoms with van der Waals surface area (Å²) in [5.41, 5.74) is 1.30. The molecule has 0 aromatic carbocycles. The van der Waals surface area contributed by atoms with Gasteiger partial charge in [-0.25, -0.2) is 0 Å². The number of hydrogen-bond acceptors (Lipinski definition) is 1. The summed E-state index contributed by atoms with van der Waals surface area (Å²) >= 11 is 0. The first-order valence-corrected chi connectivity index (χ1v) is 3.87. The molecular weight excluding hydrogens is 136 g/mol. The van der Waals surface area contributed by atoms with E-state index in [2.05, 4.69) is 22.4 Å². The second-order valence-corrected chi connectivity index (χ2v) is 2.42. The third-order valence-electron chi connectivity index (χ3n) is 1.49. The Morgan fingerprint density at radius 2 is 2.55 bits per heavy atom. The fraction of sp³-hybridized carbons (Fsp3) is 0.333. The van der Waals surface area contributed by atoms with E-state index in [4.69, 9.17) is 0 Å². The van der Waals surface area contributed by atoms with Crippen molar-refractivity contribution >= 4 is 0 Å². The van der Waals surface area contributed by atoms with Gasteiger partial charge in [0.05, 0.1) is 0 Å². The highest BCUT2D eigenvalue weighted by Crippen LogP contribution is 1.93. The van der Waals surface area contributed by atoms with E-state index in [1.807, 2.05) is 25.4 Å². The van der Waals surface area contributed by atoms with Crippen molar-refractivity contribution in [3.63, 3.8) is 0 Å². The molecule has 60 valence electrons. The topological polar surface area (TPSA) is 27.8 Å². The summed E-state index contributed by atoms with van der Waals surface area (Å²) in [4.78, 5) is 3.01. The molecule has 0 amide bonds. The van der Waals surface area contributed by atoms with Crippen LogP contribution in [0.4, 0.5) is 0 Å². The van der Waals surface area contributed by atoms with Crippen molar-refractivity contribution in [1.29, 1.82) is 0 Å². The van der Waals surface area contributed by atoms with Crippen LogP contribution in [0.3, 0.4) is 0 Å². The maximum Gasteiger partial charge on any atom is 0.0223 e. The first kappa shape index (κ1) is 8.08. The van der Waals surface area contributed by atoms with Crippen molar-refractivity contribution in [2.24, 2.45) is 0 Å². The molecule has 0 saturated heterocycles. The van der Waals surface area contributed by atoms with Crippen LogP contribution in [0.5, 0.6) is 0 Å². The Morgan fingerprint density at radius 1 is 1.64 bits per heavy atom. The molecule has 0 radical (unpaired) electrons. The SMILES string of the molecule is C/C=C/CNCc1cc[nH]c1. The zero-order valence-electron chi connectivity index (χ0n) is 6.80. The Labute approximate surface area is 67.3 Å². The summed E-state index contributed by atoms with van der Waals surface area (Å²) in [6, 6.07) is 2.07. The van der Waals surface area contributed by atoms with E-state index in [-0.39, 0.29) is 0 Å². The molecule has 0 aliphatic heterocycles. The van der Waals surface area contributed by atoms with Gasteiger partial charge >= 0.3 is 0 Å². The summed E-state index contributed by atoms with van der Waals surface area (Å²) < 4.78 is 0. The highest BCUT2D eigenvalue weighted by molar-refractivity contribution is 5.07. The number of aromatic nitrogens is 1. The summed E-state index contributed by atoms with van der Waals surface area (Å²) in [6.07, 6.45) is 8.09. The second-order valence-electron chi connectivity index (χ2n) is 2.42. The quantitative estimate of drug-likeness (QED) is 0.496. The van der Waals surface area contributed by atoms with Crippen molar-refractivity contribution in [3.8, 4) is 0 Å². The maximum atomic E-state index is 3.28. The molecule has 0 aliphatic rings. The van der Waals surface area contributed by atoms with Gasteiger partial charge in [0.1, 0.15) is 0 Å². The lowest BCUT2D eigenvalue weighted by molar-refractivity contribution is 0.760. The molecule has 11 heavy (non-hydrogen) atoms. The summed E-state index contributed by atoms with van der Waals surface area (Å²) in [5, 5.41) is 3.28. The molecular formula is C9H14N2. The lowest BCUT2D eigenvalue weighted by atomic mass is 10.3. The Balaban J connectivity index is 2.14. The fourth-order valence-corrected chi connectivity index (χ4v) is 0.886. The van der Waals surface area contributed by atoms with Crippen molar-refractivity contribution < 1.29 is 0 Å². The standard InChI is InChI=1S/C9H14N2/c1-2-3-5-10-7-9-4-6-11-8-9/h2-4,6,8,10-11H,5,7H2,1H3/b3-2+. The number of nitrogens with one attached hydrogen (secondary N) is 2. The van der Waals surface area contributed by atoms with Gasteiger partial charge in [-0.1, -0.05) is 12.2 Å². The third-order valence-corrected chi connectivity index (χ3v) is 1.49. The Hall–Kier alpha value is -1.02. The largest absolute Gasteiger partial charge is 0.367 e. The highest BCUT2D eigenvalue weighted by atomic mass is 14.8. The Morgan fingerprint density at radius 3 is 3.18 bits per heavy atom. The third kappa shape index (κ3) is 3.05. The van der Waals surface area contributed by atoms with E-state index in [0.29, 0.717) is 0 Å². The number of allylic oxidation sites excluding steroid dienone is 1. The first-order valence-electron chi connectivity index (χ1n) is 3.87. The van der Waals surface area contributed by atoms with Gasteiger partial charge < -0.3 is 10.3 Å². The molecule has 0 fully saturated rings. The van der Waals surface area contributed by atoms with E-state index < -0.39 is 0 Å². The lowest BCUT2D eigenvalue weighted by Crippen LogP contribution is -2.11. The average molecular weight is 150 g/mol. The van der Waals surface area contributed by atoms with Gasteiger partial charge in [-0.2, -0.15) is 0 Å². The molecule has 0 unspecified atom stereocenters. The zero-order valence-corrected chi connectivity index (χ0v) is 6.80. The fourth-order valence-electron chi connectivity index (χ4n) is 0.886. The number of hydrogen-bond donors (Lipinski definition) is 2. The van der Waals surface area contributed by atoms with E-state index in [0.717, 1.165) is 13.1 Å². The van der Waals surface area contributed by atoms with Crippen LogP contribution in [0.2, 0.25) is 0 Å². The van der Waals surface area contributed by atoms with Crippen molar-refractivity contribution in [3.05, 3.63) is 36.2 Å². The van der Waals surface area contributed by atoms with Crippen LogP contribution in [0.15, 0.2) is 30.6 Å². The van der Waals surface area contributed by atoms with E-state index in [1.54, 1.807) is 0 Å². The van der Waals surface area contributed by atoms with Crippen LogP contribution in [-0.4, -0.2) is 11.5 Å². The van der Waals surface area contributed by atoms with Crippen molar-refractivity contribution in [1.82, 2.24) is 10.3 Å². The van der Waals surface area contributed by atoms with E-state index >= 15 is 0 Å². The van der Waals surface area contributed by atoms with Gasteiger partial charge in [0.25, 0.3) is 0 Å². The summed E-state index contributed by atoms with van der Waals surface area (Å²) in [6.45, 7) is 3.91. The second kappa shape index (κ2) is 4.74. The molecule has 0 atom stereocenters. The van der Waals surface area contributed by atoms with Gasteiger partial charge in [0, 0.05) is 25.5 Å². The van der Waals surface area contributed by atoms with Gasteiger partial charge in [-0.05, 0) is 18.6 Å². The van der Waals surface area contributed by atoms with Crippen LogP contribution in [0.1, 0.15) is 12.5 Å². The van der Waals surface area contributed by atoms with E-state index in [9.17, 15) is 0 Å². The van der Waals surface area contributed by atoms with Crippen LogP contribution >= 0.6 is 0 Å². The van der Waals surface area contributed by atoms with Crippen molar-refractivity contribution in [2.75, 3.05) is 6.54 Å². The van der Waals surface area contributed by atoms with Crippen LogP contribution in [-0.2, 0) is 6.54 Å². The normalized spacial score (nSPS) is 11.0. The van der Waals surface area contributed by atoms with Crippen molar-refractivity contribution in [2.45, 2.75) is 13.5 Å². The highest BCUT2D eigenvalue weighted by Gasteiger charge is 1.88. The molecule has 1 rings (SSSR count). The van der Waals surface area contributed by atoms with Gasteiger partial charge in [0.2, 0.25) is 0 Å². The molecule has 2 heteroatoms.